The van der Waals surface area contributed by atoms with Gasteiger partial charge in [-0.05, 0) is 45.7 Å². The Kier molecular flexibility index (Phi) is 6.37. The largest absolute Gasteiger partial charge is 0.495 e. The maximum Gasteiger partial charge on any atom is 0.412 e. The highest BCUT2D eigenvalue weighted by Crippen LogP contribution is 2.37. The van der Waals surface area contributed by atoms with Crippen molar-refractivity contribution in [2.45, 2.75) is 45.3 Å². The molecule has 0 spiro atoms. The predicted molar refractivity (Wildman–Crippen MR) is 129 cm³/mol. The van der Waals surface area contributed by atoms with Gasteiger partial charge in [0.25, 0.3) is 0 Å². The van der Waals surface area contributed by atoms with Crippen LogP contribution in [0.4, 0.5) is 21.1 Å². The molecular weight excluding hydrogens is 454 g/mol. The zero-order valence-corrected chi connectivity index (χ0v) is 20.1. The normalized spacial score (nSPS) is 14.7. The van der Waals surface area contributed by atoms with Crippen LogP contribution in [0.2, 0.25) is 0 Å². The number of nitrogens with two attached hydrogens (primary N) is 1. The molecule has 4 N–H and O–H groups in total. The number of carboxylic acid groups (broad SMARTS) is 1. The molecule has 4 rings (SSSR count). The molecule has 1 aromatic carbocycles. The molecule has 0 radical (unpaired) electrons. The lowest BCUT2D eigenvalue weighted by molar-refractivity contribution is 0.0635. The molecule has 12 nitrogen and oxygen atoms in total. The number of nitrogen functional groups attached to an aromatic ring is 1. The van der Waals surface area contributed by atoms with Crippen molar-refractivity contribution in [3.8, 4) is 17.0 Å². The summed E-state index contributed by atoms with van der Waals surface area (Å²) < 4.78 is 12.6. The Morgan fingerprint density at radius 3 is 2.54 bits per heavy atom. The predicted octanol–water partition coefficient (Wildman–Crippen LogP) is 3.75. The molecule has 2 amide bonds. The molecule has 2 aromatic heterocycles. The average molecular weight is 484 g/mol. The molecule has 186 valence electrons. The molecule has 1 saturated heterocycles. The molecule has 35 heavy (non-hydrogen) atoms. The Hall–Kier alpha value is -4.09. The molecule has 0 unspecified atom stereocenters. The van der Waals surface area contributed by atoms with E-state index in [2.05, 4.69) is 15.3 Å². The van der Waals surface area contributed by atoms with Gasteiger partial charge in [0.2, 0.25) is 0 Å². The number of hydrogen-bond donors (Lipinski definition) is 3. The van der Waals surface area contributed by atoms with E-state index in [9.17, 15) is 14.7 Å². The number of fused-ring (bicyclic) bond motifs is 1. The monoisotopic (exact) mass is 483 g/mol. The van der Waals surface area contributed by atoms with E-state index in [1.54, 1.807) is 43.7 Å². The first-order chi connectivity index (χ1) is 16.6. The van der Waals surface area contributed by atoms with Gasteiger partial charge in [-0.2, -0.15) is 5.10 Å². The van der Waals surface area contributed by atoms with Crippen molar-refractivity contribution in [3.05, 3.63) is 24.5 Å². The summed E-state index contributed by atoms with van der Waals surface area (Å²) in [5.41, 5.74) is 7.88. The molecule has 3 heterocycles. The van der Waals surface area contributed by atoms with Crippen LogP contribution in [0.1, 0.15) is 39.7 Å². The summed E-state index contributed by atoms with van der Waals surface area (Å²) in [5, 5.41) is 17.4. The zero-order valence-electron chi connectivity index (χ0n) is 20.1. The summed E-state index contributed by atoms with van der Waals surface area (Å²) >= 11 is 0. The fraction of sp³-hybridized carbons (Fsp3) is 0.435. The van der Waals surface area contributed by atoms with Gasteiger partial charge in [-0.1, -0.05) is 6.07 Å². The van der Waals surface area contributed by atoms with Crippen LogP contribution in [0.25, 0.3) is 22.3 Å². The fourth-order valence-electron chi connectivity index (χ4n) is 4.11. The van der Waals surface area contributed by atoms with Crippen molar-refractivity contribution >= 4 is 34.7 Å². The van der Waals surface area contributed by atoms with Crippen molar-refractivity contribution in [2.75, 3.05) is 31.2 Å². The van der Waals surface area contributed by atoms with E-state index in [-0.39, 0.29) is 11.9 Å². The highest BCUT2D eigenvalue weighted by atomic mass is 16.6. The number of carbonyl (C=O) groups excluding carboxylic acids is 1. The number of hydrogen-bond acceptors (Lipinski definition) is 8. The zero-order chi connectivity index (χ0) is 25.3. The van der Waals surface area contributed by atoms with Crippen LogP contribution in [0, 0.1) is 0 Å². The highest BCUT2D eigenvalue weighted by Gasteiger charge is 2.28. The minimum atomic E-state index is -0.923. The van der Waals surface area contributed by atoms with Crippen molar-refractivity contribution in [3.63, 3.8) is 0 Å². The van der Waals surface area contributed by atoms with Crippen LogP contribution in [-0.2, 0) is 4.74 Å². The first kappa shape index (κ1) is 24.0. The molecule has 1 aliphatic heterocycles. The van der Waals surface area contributed by atoms with Crippen LogP contribution >= 0.6 is 0 Å². The quantitative estimate of drug-likeness (QED) is 0.502. The number of methoxy groups -OCH3 is 1. The van der Waals surface area contributed by atoms with Crippen LogP contribution < -0.4 is 15.8 Å². The molecule has 0 saturated carbocycles. The number of nitrogens with one attached hydrogen (secondary N) is 1. The molecule has 12 heteroatoms. The second-order valence-corrected chi connectivity index (χ2v) is 9.29. The Bertz CT molecular complexity index is 1260. The summed E-state index contributed by atoms with van der Waals surface area (Å²) in [4.78, 5) is 33.5. The van der Waals surface area contributed by atoms with Gasteiger partial charge >= 0.3 is 12.2 Å². The number of aromatic nitrogens is 4. The maximum atomic E-state index is 12.2. The van der Waals surface area contributed by atoms with Crippen LogP contribution in [-0.4, -0.2) is 67.7 Å². The van der Waals surface area contributed by atoms with Crippen molar-refractivity contribution in [2.24, 2.45) is 0 Å². The third kappa shape index (κ3) is 5.05. The standard InChI is InChI=1S/C23H29N7O5/c1-23(2,3)35-21(31)27-15-6-5-13(11-16(15)34-4)18-17-19(24)25-12-26-20(17)30(28-18)14-7-9-29(10-8-14)22(32)33/h5-6,11-12,14H,7-10H2,1-4H3,(H,27,31)(H,32,33)(H2,24,25,26). The highest BCUT2D eigenvalue weighted by molar-refractivity contribution is 5.99. The van der Waals surface area contributed by atoms with Gasteiger partial charge in [0.15, 0.2) is 5.65 Å². The Labute approximate surface area is 202 Å². The van der Waals surface area contributed by atoms with Gasteiger partial charge in [0, 0.05) is 18.7 Å². The van der Waals surface area contributed by atoms with Crippen molar-refractivity contribution in [1.29, 1.82) is 0 Å². The summed E-state index contributed by atoms with van der Waals surface area (Å²) in [5.74, 6) is 0.704. The average Bonchev–Trinajstić information content (AvgIpc) is 3.19. The topological polar surface area (TPSA) is 158 Å². The second-order valence-electron chi connectivity index (χ2n) is 9.29. The molecule has 0 atom stereocenters. The lowest BCUT2D eigenvalue weighted by atomic mass is 10.1. The molecule has 0 aliphatic carbocycles. The SMILES string of the molecule is COc1cc(-c2nn(C3CCN(C(=O)O)CC3)c3ncnc(N)c23)ccc1NC(=O)OC(C)(C)C. The molecule has 3 aromatic rings. The Balaban J connectivity index is 1.69. The lowest BCUT2D eigenvalue weighted by Crippen LogP contribution is -2.38. The van der Waals surface area contributed by atoms with E-state index in [0.717, 1.165) is 0 Å². The maximum absolute atomic E-state index is 12.2. The van der Waals surface area contributed by atoms with Gasteiger partial charge in [0.05, 0.1) is 24.2 Å². The van der Waals surface area contributed by atoms with Crippen molar-refractivity contribution < 1.29 is 24.2 Å². The van der Waals surface area contributed by atoms with E-state index >= 15 is 0 Å². The van der Waals surface area contributed by atoms with Gasteiger partial charge < -0.3 is 25.2 Å². The summed E-state index contributed by atoms with van der Waals surface area (Å²) in [6.07, 6.45) is 1.08. The Morgan fingerprint density at radius 1 is 1.20 bits per heavy atom. The van der Waals surface area contributed by atoms with Crippen LogP contribution in [0.15, 0.2) is 24.5 Å². The fourth-order valence-corrected chi connectivity index (χ4v) is 4.11. The number of anilines is 2. The minimum absolute atomic E-state index is 0.0360. The number of ether oxygens (including phenoxy) is 2. The Morgan fingerprint density at radius 2 is 1.91 bits per heavy atom. The van der Waals surface area contributed by atoms with E-state index < -0.39 is 17.8 Å². The lowest BCUT2D eigenvalue weighted by Gasteiger charge is -2.30. The summed E-state index contributed by atoms with van der Waals surface area (Å²) in [6.45, 7) is 6.18. The molecule has 1 fully saturated rings. The van der Waals surface area contributed by atoms with E-state index in [0.29, 0.717) is 59.7 Å². The first-order valence-electron chi connectivity index (χ1n) is 11.2. The van der Waals surface area contributed by atoms with Gasteiger partial charge in [-0.15, -0.1) is 0 Å². The van der Waals surface area contributed by atoms with Crippen molar-refractivity contribution in [1.82, 2.24) is 24.6 Å². The van der Waals surface area contributed by atoms with E-state index in [4.69, 9.17) is 20.3 Å². The van der Waals surface area contributed by atoms with Crippen LogP contribution in [0.5, 0.6) is 5.75 Å². The molecular formula is C23H29N7O5. The number of benzene rings is 1. The molecule has 1 aliphatic rings. The van der Waals surface area contributed by atoms with E-state index in [1.165, 1.54) is 18.3 Å². The van der Waals surface area contributed by atoms with Gasteiger partial charge in [-0.25, -0.2) is 24.2 Å². The van der Waals surface area contributed by atoms with Gasteiger partial charge in [0.1, 0.15) is 29.2 Å². The smallest absolute Gasteiger partial charge is 0.412 e. The van der Waals surface area contributed by atoms with Gasteiger partial charge in [-0.3, -0.25) is 5.32 Å². The minimum Gasteiger partial charge on any atom is -0.495 e. The number of piperidine rings is 1. The third-order valence-electron chi connectivity index (χ3n) is 5.71. The van der Waals surface area contributed by atoms with E-state index in [1.807, 2.05) is 0 Å². The summed E-state index contributed by atoms with van der Waals surface area (Å²) in [6, 6.07) is 5.21. The number of likely N-dealkylation sites (tertiary alicyclic amines) is 1. The number of rotatable bonds is 4. The number of amides is 2. The first-order valence-corrected chi connectivity index (χ1v) is 11.2. The number of nitrogens with zero attached hydrogens (tertiary/aromatic N) is 5. The summed E-state index contributed by atoms with van der Waals surface area (Å²) in [7, 11) is 1.50. The number of carbonyl (C=O) groups is 2. The van der Waals surface area contributed by atoms with Crippen LogP contribution in [0.3, 0.4) is 0 Å². The molecule has 0 bridgehead atoms. The second kappa shape index (κ2) is 9.28. The third-order valence-corrected chi connectivity index (χ3v) is 5.71.